The van der Waals surface area contributed by atoms with Crippen LogP contribution in [0.5, 0.6) is 5.75 Å². The van der Waals surface area contributed by atoms with E-state index in [4.69, 9.17) is 4.74 Å². The molecule has 0 radical (unpaired) electrons. The molecule has 5 nitrogen and oxygen atoms in total. The Kier molecular flexibility index (Phi) is 6.33. The van der Waals surface area contributed by atoms with Crippen molar-refractivity contribution in [3.8, 4) is 5.75 Å². The van der Waals surface area contributed by atoms with Crippen LogP contribution >= 0.6 is 11.3 Å². The molecule has 2 heterocycles. The summed E-state index contributed by atoms with van der Waals surface area (Å²) in [5.74, 6) is -1.74. The third kappa shape index (κ3) is 4.16. The molecule has 1 aliphatic heterocycles. The Morgan fingerprint density at radius 2 is 1.91 bits per heavy atom. The number of likely N-dealkylation sites (tertiary alicyclic amines) is 1. The molecule has 33 heavy (non-hydrogen) atoms. The fraction of sp³-hybridized carbons (Fsp3) is 0.231. The van der Waals surface area contributed by atoms with Crippen molar-refractivity contribution < 1.29 is 23.8 Å². The molecule has 1 aliphatic rings. The quantitative estimate of drug-likeness (QED) is 0.291. The van der Waals surface area contributed by atoms with Crippen LogP contribution in [-0.2, 0) is 16.1 Å². The number of aliphatic hydroxyl groups is 1. The number of ether oxygens (including phenoxy) is 1. The zero-order chi connectivity index (χ0) is 23.7. The van der Waals surface area contributed by atoms with Crippen LogP contribution in [0.4, 0.5) is 4.39 Å². The summed E-state index contributed by atoms with van der Waals surface area (Å²) in [5, 5.41) is 13.1. The maximum Gasteiger partial charge on any atom is 0.295 e. The normalized spacial score (nSPS) is 17.7. The van der Waals surface area contributed by atoms with E-state index in [-0.39, 0.29) is 29.4 Å². The van der Waals surface area contributed by atoms with Gasteiger partial charge in [0.1, 0.15) is 17.3 Å². The predicted octanol–water partition coefficient (Wildman–Crippen LogP) is 5.64. The number of amides is 1. The van der Waals surface area contributed by atoms with Gasteiger partial charge in [-0.3, -0.25) is 9.59 Å². The number of carbonyl (C=O) groups excluding carboxylic acids is 2. The van der Waals surface area contributed by atoms with E-state index in [1.165, 1.54) is 28.4 Å². The first-order valence-corrected chi connectivity index (χ1v) is 11.4. The SMILES string of the molecule is COc1ccc(/C(O)=C2\C(=O)C(=O)N(Cc3cccs3)C2c2ccccc2F)cc1C(C)C. The fourth-order valence-electron chi connectivity index (χ4n) is 4.12. The van der Waals surface area contributed by atoms with Crippen LogP contribution in [0.15, 0.2) is 65.6 Å². The number of hydrogen-bond acceptors (Lipinski definition) is 5. The van der Waals surface area contributed by atoms with Gasteiger partial charge in [-0.2, -0.15) is 0 Å². The highest BCUT2D eigenvalue weighted by Gasteiger charge is 2.47. The fourth-order valence-corrected chi connectivity index (χ4v) is 4.82. The van der Waals surface area contributed by atoms with Gasteiger partial charge in [-0.25, -0.2) is 4.39 Å². The van der Waals surface area contributed by atoms with Crippen molar-refractivity contribution in [2.45, 2.75) is 32.4 Å². The molecular weight excluding hydrogens is 441 g/mol. The van der Waals surface area contributed by atoms with E-state index < -0.39 is 23.5 Å². The summed E-state index contributed by atoms with van der Waals surface area (Å²) in [4.78, 5) is 28.4. The second-order valence-corrected chi connectivity index (χ2v) is 9.17. The first-order valence-electron chi connectivity index (χ1n) is 10.6. The van der Waals surface area contributed by atoms with Crippen LogP contribution in [0.2, 0.25) is 0 Å². The number of carbonyl (C=O) groups is 2. The average molecular weight is 466 g/mol. The number of hydrogen-bond donors (Lipinski definition) is 1. The molecule has 0 aliphatic carbocycles. The molecule has 1 amide bonds. The standard InChI is InChI=1S/C26H24FNO4S/c1-15(2)19-13-16(10-11-21(19)32-3)24(29)22-23(18-8-4-5-9-20(18)27)28(26(31)25(22)30)14-17-7-6-12-33-17/h4-13,15,23,29H,14H2,1-3H3/b24-22+. The van der Waals surface area contributed by atoms with E-state index in [0.717, 1.165) is 10.4 Å². The first-order chi connectivity index (χ1) is 15.8. The van der Waals surface area contributed by atoms with Gasteiger partial charge < -0.3 is 14.7 Å². The Morgan fingerprint density at radius 1 is 1.15 bits per heavy atom. The van der Waals surface area contributed by atoms with Crippen molar-refractivity contribution in [1.82, 2.24) is 4.90 Å². The van der Waals surface area contributed by atoms with Gasteiger partial charge in [0, 0.05) is 16.0 Å². The Bertz CT molecular complexity index is 1230. The molecule has 3 aromatic rings. The number of benzene rings is 2. The molecule has 1 unspecified atom stereocenters. The number of rotatable bonds is 6. The molecule has 0 saturated carbocycles. The lowest BCUT2D eigenvalue weighted by Gasteiger charge is -2.25. The van der Waals surface area contributed by atoms with Gasteiger partial charge in [0.25, 0.3) is 11.7 Å². The summed E-state index contributed by atoms with van der Waals surface area (Å²) < 4.78 is 20.3. The van der Waals surface area contributed by atoms with Gasteiger partial charge in [0.2, 0.25) is 0 Å². The number of nitrogens with zero attached hydrogens (tertiary/aromatic N) is 1. The highest BCUT2D eigenvalue weighted by Crippen LogP contribution is 2.42. The molecule has 4 rings (SSSR count). The molecule has 1 aromatic heterocycles. The highest BCUT2D eigenvalue weighted by atomic mass is 32.1. The molecule has 1 atom stereocenters. The second kappa shape index (κ2) is 9.19. The average Bonchev–Trinajstić information content (AvgIpc) is 3.41. The molecule has 170 valence electrons. The summed E-state index contributed by atoms with van der Waals surface area (Å²) in [6.45, 7) is 4.11. The highest BCUT2D eigenvalue weighted by molar-refractivity contribution is 7.09. The lowest BCUT2D eigenvalue weighted by atomic mass is 9.93. The minimum atomic E-state index is -1.04. The number of methoxy groups -OCH3 is 1. The third-order valence-corrected chi connectivity index (χ3v) is 6.63. The van der Waals surface area contributed by atoms with E-state index >= 15 is 0 Å². The Balaban J connectivity index is 1.90. The molecule has 1 N–H and O–H groups in total. The Labute approximate surface area is 195 Å². The lowest BCUT2D eigenvalue weighted by Crippen LogP contribution is -2.29. The molecule has 1 saturated heterocycles. The minimum Gasteiger partial charge on any atom is -0.507 e. The maximum atomic E-state index is 14.9. The van der Waals surface area contributed by atoms with Crippen molar-refractivity contribution in [2.24, 2.45) is 0 Å². The van der Waals surface area contributed by atoms with Crippen LogP contribution in [0.1, 0.15) is 47.4 Å². The summed E-state index contributed by atoms with van der Waals surface area (Å²) in [7, 11) is 1.56. The van der Waals surface area contributed by atoms with Gasteiger partial charge >= 0.3 is 0 Å². The number of halogens is 1. The van der Waals surface area contributed by atoms with Crippen LogP contribution in [0.3, 0.4) is 0 Å². The van der Waals surface area contributed by atoms with Crippen molar-refractivity contribution in [2.75, 3.05) is 7.11 Å². The molecule has 1 fully saturated rings. The molecule has 7 heteroatoms. The topological polar surface area (TPSA) is 66.8 Å². The van der Waals surface area contributed by atoms with Gasteiger partial charge in [-0.05, 0) is 47.2 Å². The first kappa shape index (κ1) is 22.7. The smallest absolute Gasteiger partial charge is 0.295 e. The summed E-state index contributed by atoms with van der Waals surface area (Å²) >= 11 is 1.44. The Morgan fingerprint density at radius 3 is 2.55 bits per heavy atom. The summed E-state index contributed by atoms with van der Waals surface area (Å²) in [6, 6.07) is 13.7. The van der Waals surface area contributed by atoms with Crippen LogP contribution in [0, 0.1) is 5.82 Å². The number of Topliss-reactive ketones (excluding diaryl/α,β-unsaturated/α-hetero) is 1. The number of aliphatic hydroxyl groups excluding tert-OH is 1. The third-order valence-electron chi connectivity index (χ3n) is 5.77. The van der Waals surface area contributed by atoms with Crippen molar-refractivity contribution in [1.29, 1.82) is 0 Å². The molecule has 0 bridgehead atoms. The minimum absolute atomic E-state index is 0.0938. The van der Waals surface area contributed by atoms with Crippen molar-refractivity contribution in [3.05, 3.63) is 92.9 Å². The van der Waals surface area contributed by atoms with Crippen molar-refractivity contribution >= 4 is 28.8 Å². The Hall–Kier alpha value is -3.45. The second-order valence-electron chi connectivity index (χ2n) is 8.14. The van der Waals surface area contributed by atoms with E-state index in [2.05, 4.69) is 0 Å². The summed E-state index contributed by atoms with van der Waals surface area (Å²) in [5.41, 5.74) is 1.25. The van der Waals surface area contributed by atoms with Gasteiger partial charge in [0.15, 0.2) is 0 Å². The summed E-state index contributed by atoms with van der Waals surface area (Å²) in [6.07, 6.45) is 0. The van der Waals surface area contributed by atoms with Crippen LogP contribution < -0.4 is 4.74 Å². The van der Waals surface area contributed by atoms with Gasteiger partial charge in [-0.15, -0.1) is 11.3 Å². The monoisotopic (exact) mass is 465 g/mol. The molecule has 0 spiro atoms. The van der Waals surface area contributed by atoms with E-state index in [1.807, 2.05) is 31.4 Å². The molecular formula is C26H24FNO4S. The van der Waals surface area contributed by atoms with Crippen molar-refractivity contribution in [3.63, 3.8) is 0 Å². The predicted molar refractivity (Wildman–Crippen MR) is 126 cm³/mol. The number of thiophene rings is 1. The maximum absolute atomic E-state index is 14.9. The van der Waals surface area contributed by atoms with Gasteiger partial charge in [0.05, 0.1) is 25.3 Å². The zero-order valence-corrected chi connectivity index (χ0v) is 19.4. The van der Waals surface area contributed by atoms with E-state index in [9.17, 15) is 19.1 Å². The van der Waals surface area contributed by atoms with Gasteiger partial charge in [-0.1, -0.05) is 38.1 Å². The van der Waals surface area contributed by atoms with Crippen LogP contribution in [-0.4, -0.2) is 28.8 Å². The lowest BCUT2D eigenvalue weighted by molar-refractivity contribution is -0.140. The van der Waals surface area contributed by atoms with E-state index in [0.29, 0.717) is 11.3 Å². The largest absolute Gasteiger partial charge is 0.507 e. The van der Waals surface area contributed by atoms with E-state index in [1.54, 1.807) is 37.4 Å². The molecule has 2 aromatic carbocycles. The zero-order valence-electron chi connectivity index (χ0n) is 18.5. The van der Waals surface area contributed by atoms with Crippen LogP contribution in [0.25, 0.3) is 5.76 Å². The number of ketones is 1.